The van der Waals surface area contributed by atoms with Crippen molar-refractivity contribution in [3.63, 3.8) is 0 Å². The minimum absolute atomic E-state index is 0.112. The van der Waals surface area contributed by atoms with E-state index in [0.717, 1.165) is 9.37 Å². The summed E-state index contributed by atoms with van der Waals surface area (Å²) >= 11 is 3.33. The molecule has 2 aromatic carbocycles. The number of aromatic nitrogens is 1. The van der Waals surface area contributed by atoms with Crippen molar-refractivity contribution >= 4 is 39.2 Å². The van der Waals surface area contributed by atoms with Gasteiger partial charge >= 0.3 is 5.91 Å². The van der Waals surface area contributed by atoms with Crippen molar-refractivity contribution in [3.05, 3.63) is 87.3 Å². The van der Waals surface area contributed by atoms with Crippen molar-refractivity contribution < 1.29 is 23.6 Å². The molecule has 0 unspecified atom stereocenters. The van der Waals surface area contributed by atoms with Crippen LogP contribution in [0.25, 0.3) is 5.76 Å². The molecule has 8 heteroatoms. The first-order chi connectivity index (χ1) is 15.1. The third-order valence-corrected chi connectivity index (χ3v) is 5.74. The van der Waals surface area contributed by atoms with Crippen molar-refractivity contribution in [1.82, 2.24) is 5.16 Å². The molecule has 2 heterocycles. The van der Waals surface area contributed by atoms with Crippen LogP contribution < -0.4 is 4.90 Å². The highest BCUT2D eigenvalue weighted by molar-refractivity contribution is 9.10. The highest BCUT2D eigenvalue weighted by Gasteiger charge is 2.48. The molecule has 3 aromatic rings. The maximum Gasteiger partial charge on any atom is 0.301 e. The molecule has 1 fully saturated rings. The Morgan fingerprint density at radius 2 is 1.81 bits per heavy atom. The number of benzene rings is 2. The molecule has 0 saturated carbocycles. The molecule has 1 aliphatic rings. The van der Waals surface area contributed by atoms with Crippen LogP contribution in [0.4, 0.5) is 10.2 Å². The number of anilines is 1. The van der Waals surface area contributed by atoms with Crippen LogP contribution in [-0.4, -0.2) is 22.0 Å². The average Bonchev–Trinajstić information content (AvgIpc) is 3.32. The van der Waals surface area contributed by atoms with Gasteiger partial charge in [-0.15, -0.1) is 0 Å². The first-order valence-corrected chi connectivity index (χ1v) is 10.7. The molecule has 6 nitrogen and oxygen atoms in total. The van der Waals surface area contributed by atoms with Gasteiger partial charge in [0.2, 0.25) is 0 Å². The largest absolute Gasteiger partial charge is 0.507 e. The topological polar surface area (TPSA) is 83.6 Å². The van der Waals surface area contributed by atoms with Crippen molar-refractivity contribution in [2.45, 2.75) is 32.2 Å². The zero-order chi connectivity index (χ0) is 23.2. The summed E-state index contributed by atoms with van der Waals surface area (Å²) < 4.78 is 20.3. The number of nitrogens with zero attached hydrogens (tertiary/aromatic N) is 2. The smallest absolute Gasteiger partial charge is 0.301 e. The highest BCUT2D eigenvalue weighted by Crippen LogP contribution is 2.42. The Morgan fingerprint density at radius 3 is 2.41 bits per heavy atom. The lowest BCUT2D eigenvalue weighted by atomic mass is 9.93. The summed E-state index contributed by atoms with van der Waals surface area (Å²) in [7, 11) is 0. The third kappa shape index (κ3) is 3.86. The van der Waals surface area contributed by atoms with Crippen LogP contribution in [0.15, 0.2) is 69.2 Å². The van der Waals surface area contributed by atoms with Gasteiger partial charge in [0, 0.05) is 21.5 Å². The van der Waals surface area contributed by atoms with Crippen LogP contribution in [0.1, 0.15) is 43.7 Å². The van der Waals surface area contributed by atoms with Gasteiger partial charge in [-0.3, -0.25) is 14.5 Å². The van der Waals surface area contributed by atoms with Gasteiger partial charge in [-0.05, 0) is 29.8 Å². The first-order valence-electron chi connectivity index (χ1n) is 9.87. The predicted molar refractivity (Wildman–Crippen MR) is 121 cm³/mol. The highest BCUT2D eigenvalue weighted by atomic mass is 79.9. The molecule has 0 radical (unpaired) electrons. The van der Waals surface area contributed by atoms with Crippen LogP contribution in [-0.2, 0) is 15.0 Å². The van der Waals surface area contributed by atoms with Crippen LogP contribution in [0.2, 0.25) is 0 Å². The lowest BCUT2D eigenvalue weighted by molar-refractivity contribution is -0.132. The molecule has 0 bridgehead atoms. The number of ketones is 1. The van der Waals surface area contributed by atoms with Crippen LogP contribution >= 0.6 is 15.9 Å². The van der Waals surface area contributed by atoms with Gasteiger partial charge in [0.1, 0.15) is 17.3 Å². The Morgan fingerprint density at radius 1 is 1.12 bits per heavy atom. The standard InChI is InChI=1S/C24H20BrFN2O4/c1-24(2,3)17-12-18(27-32-17)28-20(14-5-4-6-16(26)11-14)19(22(30)23(28)31)21(29)13-7-9-15(25)10-8-13/h4-12,20,29H,1-3H3/b21-19+/t20-/m1/s1. The molecule has 1 amide bonds. The van der Waals surface area contributed by atoms with Gasteiger partial charge in [0.25, 0.3) is 5.78 Å². The SMILES string of the molecule is CC(C)(C)c1cc(N2C(=O)C(=O)/C(=C(/O)c3ccc(Br)cc3)[C@H]2c2cccc(F)c2)no1. The van der Waals surface area contributed by atoms with Crippen molar-refractivity contribution in [1.29, 1.82) is 0 Å². The molecular weight excluding hydrogens is 479 g/mol. The fourth-order valence-corrected chi connectivity index (χ4v) is 3.82. The second-order valence-corrected chi connectivity index (χ2v) is 9.45. The van der Waals surface area contributed by atoms with Crippen molar-refractivity contribution in [2.24, 2.45) is 0 Å². The van der Waals surface area contributed by atoms with Gasteiger partial charge in [-0.1, -0.05) is 66.1 Å². The van der Waals surface area contributed by atoms with E-state index >= 15 is 0 Å². The first kappa shape index (κ1) is 22.0. The van der Waals surface area contributed by atoms with Crippen LogP contribution in [0.5, 0.6) is 0 Å². The fourth-order valence-electron chi connectivity index (χ4n) is 3.56. The molecule has 1 N–H and O–H groups in total. The number of hydrogen-bond acceptors (Lipinski definition) is 5. The fraction of sp³-hybridized carbons (Fsp3) is 0.208. The van der Waals surface area contributed by atoms with Crippen LogP contribution in [0.3, 0.4) is 0 Å². The van der Waals surface area contributed by atoms with E-state index in [0.29, 0.717) is 16.9 Å². The van der Waals surface area contributed by atoms with E-state index in [9.17, 15) is 19.1 Å². The third-order valence-electron chi connectivity index (χ3n) is 5.21. The second kappa shape index (κ2) is 8.02. The molecule has 32 heavy (non-hydrogen) atoms. The van der Waals surface area contributed by atoms with E-state index in [-0.39, 0.29) is 22.6 Å². The Kier molecular flexibility index (Phi) is 5.50. The maximum absolute atomic E-state index is 14.1. The summed E-state index contributed by atoms with van der Waals surface area (Å²) in [6, 6.07) is 12.7. The molecule has 1 atom stereocenters. The Hall–Kier alpha value is -3.26. The molecule has 1 saturated heterocycles. The molecule has 0 aliphatic carbocycles. The van der Waals surface area contributed by atoms with Gasteiger partial charge < -0.3 is 9.63 Å². The maximum atomic E-state index is 14.1. The zero-order valence-corrected chi connectivity index (χ0v) is 19.2. The Balaban J connectivity index is 1.93. The van der Waals surface area contributed by atoms with Crippen molar-refractivity contribution in [3.8, 4) is 0 Å². The van der Waals surface area contributed by atoms with Gasteiger partial charge in [-0.2, -0.15) is 0 Å². The van der Waals surface area contributed by atoms with E-state index in [1.54, 1.807) is 36.4 Å². The predicted octanol–water partition coefficient (Wildman–Crippen LogP) is 5.50. The lowest BCUT2D eigenvalue weighted by Crippen LogP contribution is -2.29. The Labute approximate surface area is 192 Å². The van der Waals surface area contributed by atoms with E-state index in [1.165, 1.54) is 18.2 Å². The van der Waals surface area contributed by atoms with E-state index in [2.05, 4.69) is 21.1 Å². The number of amides is 1. The van der Waals surface area contributed by atoms with E-state index in [1.807, 2.05) is 20.8 Å². The number of aliphatic hydroxyl groups excluding tert-OH is 1. The molecule has 0 spiro atoms. The molecular formula is C24H20BrFN2O4. The minimum atomic E-state index is -1.08. The zero-order valence-electron chi connectivity index (χ0n) is 17.6. The lowest BCUT2D eigenvalue weighted by Gasteiger charge is -2.23. The Bertz CT molecular complexity index is 1240. The summed E-state index contributed by atoms with van der Waals surface area (Å²) in [6.45, 7) is 5.76. The summed E-state index contributed by atoms with van der Waals surface area (Å²) in [5.74, 6) is -2.03. The second-order valence-electron chi connectivity index (χ2n) is 8.53. The van der Waals surface area contributed by atoms with Crippen molar-refractivity contribution in [2.75, 3.05) is 4.90 Å². The summed E-state index contributed by atoms with van der Waals surface area (Å²) in [4.78, 5) is 27.3. The number of carbonyl (C=O) groups excluding carboxylic acids is 2. The number of aliphatic hydroxyl groups is 1. The quantitative estimate of drug-likeness (QED) is 0.292. The molecule has 1 aromatic heterocycles. The van der Waals surface area contributed by atoms with Crippen LogP contribution in [0, 0.1) is 5.82 Å². The van der Waals surface area contributed by atoms with E-state index in [4.69, 9.17) is 4.52 Å². The number of hydrogen-bond donors (Lipinski definition) is 1. The summed E-state index contributed by atoms with van der Waals surface area (Å²) in [6.07, 6.45) is 0. The number of halogens is 2. The monoisotopic (exact) mass is 498 g/mol. The van der Waals surface area contributed by atoms with E-state index < -0.39 is 23.5 Å². The summed E-state index contributed by atoms with van der Waals surface area (Å²) in [5.41, 5.74) is 0.138. The van der Waals surface area contributed by atoms with Gasteiger partial charge in [0.05, 0.1) is 11.6 Å². The number of Topliss-reactive ketones (excluding diaryl/α,β-unsaturated/α-hetero) is 1. The molecule has 164 valence electrons. The summed E-state index contributed by atoms with van der Waals surface area (Å²) in [5, 5.41) is 15.0. The van der Waals surface area contributed by atoms with Gasteiger partial charge in [0.15, 0.2) is 5.82 Å². The average molecular weight is 499 g/mol. The van der Waals surface area contributed by atoms with Gasteiger partial charge in [-0.25, -0.2) is 4.39 Å². The number of rotatable bonds is 3. The molecule has 1 aliphatic heterocycles. The minimum Gasteiger partial charge on any atom is -0.507 e. The normalized spacial score (nSPS) is 18.4. The number of carbonyl (C=O) groups is 2. The molecule has 4 rings (SSSR count).